The summed E-state index contributed by atoms with van der Waals surface area (Å²) in [6.07, 6.45) is 3.32. The molecule has 0 amide bonds. The number of rotatable bonds is 5. The molecule has 4 rings (SSSR count). The highest BCUT2D eigenvalue weighted by molar-refractivity contribution is 5.93. The number of aromatic amines is 1. The predicted molar refractivity (Wildman–Crippen MR) is 115 cm³/mol. The molecule has 0 bridgehead atoms. The molecule has 0 saturated carbocycles. The lowest BCUT2D eigenvalue weighted by Gasteiger charge is -2.06. The molecule has 0 radical (unpaired) electrons. The van der Waals surface area contributed by atoms with E-state index in [1.807, 2.05) is 79.5 Å². The first-order valence-corrected chi connectivity index (χ1v) is 9.26. The van der Waals surface area contributed by atoms with Gasteiger partial charge in [-0.25, -0.2) is 4.98 Å². The lowest BCUT2D eigenvalue weighted by atomic mass is 10.1. The maximum absolute atomic E-state index is 12.5. The quantitative estimate of drug-likeness (QED) is 0.486. The van der Waals surface area contributed by atoms with Crippen molar-refractivity contribution in [1.29, 1.82) is 0 Å². The number of ether oxygens (including phenoxy) is 1. The third kappa shape index (κ3) is 4.53. The van der Waals surface area contributed by atoms with Crippen molar-refractivity contribution in [3.63, 3.8) is 0 Å². The molecular formula is C22H24N4O3. The molecule has 0 aliphatic heterocycles. The second-order valence-corrected chi connectivity index (χ2v) is 6.28. The summed E-state index contributed by atoms with van der Waals surface area (Å²) in [5.41, 5.74) is 3.53. The third-order valence-electron chi connectivity index (χ3n) is 4.12. The summed E-state index contributed by atoms with van der Waals surface area (Å²) in [6, 6.07) is 17.2. The Kier molecular flexibility index (Phi) is 6.78. The smallest absolute Gasteiger partial charge is 0.275 e. The Hall–Kier alpha value is -3.42. The first-order chi connectivity index (χ1) is 14.2. The van der Waals surface area contributed by atoms with E-state index in [0.717, 1.165) is 16.8 Å². The molecule has 0 aliphatic rings. The first-order valence-electron chi connectivity index (χ1n) is 9.26. The average Bonchev–Trinajstić information content (AvgIpc) is 3.15. The van der Waals surface area contributed by atoms with E-state index >= 15 is 0 Å². The van der Waals surface area contributed by atoms with Crippen LogP contribution in [0.4, 0.5) is 0 Å². The Bertz CT molecular complexity index is 1120. The molecule has 2 heterocycles. The molecule has 7 heteroatoms. The summed E-state index contributed by atoms with van der Waals surface area (Å²) in [7, 11) is 3.75. The van der Waals surface area contributed by atoms with Gasteiger partial charge in [-0.3, -0.25) is 4.79 Å². The number of para-hydroxylation sites is 1. The van der Waals surface area contributed by atoms with E-state index in [0.29, 0.717) is 16.8 Å². The number of aliphatic hydroxyl groups is 1. The number of aromatic nitrogens is 3. The van der Waals surface area contributed by atoms with Crippen molar-refractivity contribution < 1.29 is 9.84 Å². The van der Waals surface area contributed by atoms with E-state index in [1.54, 1.807) is 0 Å². The zero-order chi connectivity index (χ0) is 20.6. The standard InChI is InChI=1S/C20H17N3O3.C2H7N/c24-9-10-26-16-8-4-5-14(11-16)17-12-23(15-6-2-1-3-7-15)19-18(17)21-13-22-20(19)25;1-3-2/h1-8,11-13,24H,9-10H2,(H,21,22,25);3H,1-2H3. The van der Waals surface area contributed by atoms with E-state index in [-0.39, 0.29) is 18.8 Å². The lowest BCUT2D eigenvalue weighted by molar-refractivity contribution is 0.201. The molecule has 29 heavy (non-hydrogen) atoms. The van der Waals surface area contributed by atoms with Crippen LogP contribution < -0.4 is 15.6 Å². The normalized spacial score (nSPS) is 10.4. The second kappa shape index (κ2) is 9.68. The fourth-order valence-corrected chi connectivity index (χ4v) is 2.99. The van der Waals surface area contributed by atoms with Gasteiger partial charge in [0, 0.05) is 17.4 Å². The minimum absolute atomic E-state index is 0.0471. The number of aliphatic hydroxyl groups excluding tert-OH is 1. The van der Waals surface area contributed by atoms with Gasteiger partial charge in [-0.05, 0) is 43.9 Å². The Morgan fingerprint density at radius 2 is 1.90 bits per heavy atom. The molecule has 2 aromatic heterocycles. The van der Waals surface area contributed by atoms with Crippen LogP contribution in [0, 0.1) is 0 Å². The van der Waals surface area contributed by atoms with E-state index in [1.165, 1.54) is 6.33 Å². The number of hydrogen-bond acceptors (Lipinski definition) is 5. The van der Waals surface area contributed by atoms with Gasteiger partial charge in [0.25, 0.3) is 5.56 Å². The number of hydrogen-bond donors (Lipinski definition) is 3. The molecule has 4 aromatic rings. The van der Waals surface area contributed by atoms with Crippen molar-refractivity contribution in [2.24, 2.45) is 0 Å². The molecular weight excluding hydrogens is 368 g/mol. The van der Waals surface area contributed by atoms with Crippen molar-refractivity contribution in [3.05, 3.63) is 77.5 Å². The first kappa shape index (κ1) is 20.3. The summed E-state index contributed by atoms with van der Waals surface area (Å²) in [6.45, 7) is 0.182. The van der Waals surface area contributed by atoms with Crippen LogP contribution >= 0.6 is 0 Å². The lowest BCUT2D eigenvalue weighted by Crippen LogP contribution is -2.09. The minimum Gasteiger partial charge on any atom is -0.491 e. The number of nitrogens with zero attached hydrogens (tertiary/aromatic N) is 2. The molecule has 0 aliphatic carbocycles. The molecule has 150 valence electrons. The van der Waals surface area contributed by atoms with Gasteiger partial charge in [0.15, 0.2) is 0 Å². The molecule has 0 unspecified atom stereocenters. The summed E-state index contributed by atoms with van der Waals surface area (Å²) in [5, 5.41) is 11.7. The van der Waals surface area contributed by atoms with Crippen molar-refractivity contribution in [1.82, 2.24) is 19.9 Å². The van der Waals surface area contributed by atoms with Crippen molar-refractivity contribution >= 4 is 11.0 Å². The van der Waals surface area contributed by atoms with Gasteiger partial charge in [-0.1, -0.05) is 30.3 Å². The number of nitrogens with one attached hydrogen (secondary N) is 2. The zero-order valence-corrected chi connectivity index (χ0v) is 16.4. The van der Waals surface area contributed by atoms with Gasteiger partial charge in [-0.15, -0.1) is 0 Å². The molecule has 2 aromatic carbocycles. The predicted octanol–water partition coefficient (Wildman–Crippen LogP) is 2.59. The monoisotopic (exact) mass is 392 g/mol. The van der Waals surface area contributed by atoms with Crippen LogP contribution in [0.25, 0.3) is 27.8 Å². The molecule has 0 saturated heterocycles. The van der Waals surface area contributed by atoms with Gasteiger partial charge < -0.3 is 24.7 Å². The maximum atomic E-state index is 12.5. The summed E-state index contributed by atoms with van der Waals surface area (Å²) in [4.78, 5) is 19.5. The van der Waals surface area contributed by atoms with Gasteiger partial charge in [0.1, 0.15) is 23.4 Å². The van der Waals surface area contributed by atoms with Gasteiger partial charge >= 0.3 is 0 Å². The highest BCUT2D eigenvalue weighted by Crippen LogP contribution is 2.31. The number of H-pyrrole nitrogens is 1. The zero-order valence-electron chi connectivity index (χ0n) is 16.4. The van der Waals surface area contributed by atoms with Crippen LogP contribution in [-0.4, -0.2) is 47.0 Å². The number of fused-ring (bicyclic) bond motifs is 1. The number of benzene rings is 2. The van der Waals surface area contributed by atoms with E-state index < -0.39 is 0 Å². The topological polar surface area (TPSA) is 92.2 Å². The van der Waals surface area contributed by atoms with E-state index in [2.05, 4.69) is 15.3 Å². The van der Waals surface area contributed by atoms with Gasteiger partial charge in [-0.2, -0.15) is 0 Å². The summed E-state index contributed by atoms with van der Waals surface area (Å²) in [5.74, 6) is 0.655. The van der Waals surface area contributed by atoms with E-state index in [4.69, 9.17) is 9.84 Å². The van der Waals surface area contributed by atoms with Crippen LogP contribution in [0.5, 0.6) is 5.75 Å². The summed E-state index contributed by atoms with van der Waals surface area (Å²) < 4.78 is 7.34. The minimum atomic E-state index is -0.196. The summed E-state index contributed by atoms with van der Waals surface area (Å²) >= 11 is 0. The van der Waals surface area contributed by atoms with Crippen molar-refractivity contribution in [2.75, 3.05) is 27.3 Å². The Labute approximate surface area is 168 Å². The van der Waals surface area contributed by atoms with Crippen LogP contribution in [-0.2, 0) is 0 Å². The van der Waals surface area contributed by atoms with Crippen LogP contribution in [0.3, 0.4) is 0 Å². The van der Waals surface area contributed by atoms with Crippen LogP contribution in [0.1, 0.15) is 0 Å². The van der Waals surface area contributed by atoms with Gasteiger partial charge in [0.2, 0.25) is 0 Å². The fourth-order valence-electron chi connectivity index (χ4n) is 2.99. The van der Waals surface area contributed by atoms with Crippen molar-refractivity contribution in [3.8, 4) is 22.6 Å². The fraction of sp³-hybridized carbons (Fsp3) is 0.182. The molecule has 7 nitrogen and oxygen atoms in total. The highest BCUT2D eigenvalue weighted by Gasteiger charge is 2.16. The molecule has 3 N–H and O–H groups in total. The molecule has 0 atom stereocenters. The SMILES string of the molecule is CNC.O=c1[nH]cnc2c(-c3cccc(OCCO)c3)cn(-c3ccccc3)c12. The van der Waals surface area contributed by atoms with Gasteiger partial charge in [0.05, 0.1) is 12.9 Å². The van der Waals surface area contributed by atoms with Crippen molar-refractivity contribution in [2.45, 2.75) is 0 Å². The Morgan fingerprint density at radius 1 is 1.14 bits per heavy atom. The van der Waals surface area contributed by atoms with Crippen LogP contribution in [0.2, 0.25) is 0 Å². The third-order valence-corrected chi connectivity index (χ3v) is 4.12. The van der Waals surface area contributed by atoms with Crippen LogP contribution in [0.15, 0.2) is 71.9 Å². The second-order valence-electron chi connectivity index (χ2n) is 6.28. The van der Waals surface area contributed by atoms with E-state index in [9.17, 15) is 4.79 Å². The highest BCUT2D eigenvalue weighted by atomic mass is 16.5. The molecule has 0 fully saturated rings. The average molecular weight is 392 g/mol. The maximum Gasteiger partial charge on any atom is 0.275 e. The molecule has 0 spiro atoms. The largest absolute Gasteiger partial charge is 0.491 e. The Balaban J connectivity index is 0.000000755. The Morgan fingerprint density at radius 3 is 2.62 bits per heavy atom.